The summed E-state index contributed by atoms with van der Waals surface area (Å²) in [4.78, 5) is 18.6. The number of anilines is 1. The highest BCUT2D eigenvalue weighted by Gasteiger charge is 2.32. The summed E-state index contributed by atoms with van der Waals surface area (Å²) in [6.07, 6.45) is 7.63. The number of hydrogen-bond donors (Lipinski definition) is 1. The molecule has 0 bridgehead atoms. The summed E-state index contributed by atoms with van der Waals surface area (Å²) in [5.74, 6) is 1.93. The first kappa shape index (κ1) is 13.1. The zero-order valence-electron chi connectivity index (χ0n) is 12.3. The van der Waals surface area contributed by atoms with Crippen LogP contribution in [0.4, 0.5) is 6.01 Å². The Labute approximate surface area is 124 Å². The topological polar surface area (TPSA) is 71.3 Å². The molecule has 0 unspecified atom stereocenters. The monoisotopic (exact) mass is 290 g/mol. The number of carbonyl (C=O) groups excluding carboxylic acids is 1. The molecule has 3 aliphatic rings. The van der Waals surface area contributed by atoms with Crippen molar-refractivity contribution in [3.05, 3.63) is 5.82 Å². The molecule has 3 fully saturated rings. The lowest BCUT2D eigenvalue weighted by Crippen LogP contribution is -2.47. The van der Waals surface area contributed by atoms with Crippen LogP contribution >= 0.6 is 0 Å². The number of hydrogen-bond acceptors (Lipinski definition) is 5. The lowest BCUT2D eigenvalue weighted by atomic mass is 9.84. The minimum absolute atomic E-state index is 0.258. The number of nitrogens with zero attached hydrogens (tertiary/aromatic N) is 3. The third-order valence-electron chi connectivity index (χ3n) is 4.96. The molecule has 1 amide bonds. The van der Waals surface area contributed by atoms with E-state index in [0.29, 0.717) is 18.0 Å². The van der Waals surface area contributed by atoms with Gasteiger partial charge in [-0.2, -0.15) is 4.98 Å². The molecule has 1 aromatic rings. The summed E-state index contributed by atoms with van der Waals surface area (Å²) in [6, 6.07) is 0.959. The van der Waals surface area contributed by atoms with Gasteiger partial charge in [0.2, 0.25) is 5.91 Å². The molecule has 4 rings (SSSR count). The molecule has 0 aromatic carbocycles. The number of amides is 1. The second-order valence-corrected chi connectivity index (χ2v) is 6.61. The van der Waals surface area contributed by atoms with Crippen LogP contribution in [0.1, 0.15) is 56.7 Å². The van der Waals surface area contributed by atoms with Crippen molar-refractivity contribution < 1.29 is 9.32 Å². The molecule has 1 aliphatic heterocycles. The summed E-state index contributed by atoms with van der Waals surface area (Å²) in [5, 5.41) is 7.26. The van der Waals surface area contributed by atoms with Crippen molar-refractivity contribution in [2.75, 3.05) is 18.0 Å². The predicted molar refractivity (Wildman–Crippen MR) is 77.0 cm³/mol. The van der Waals surface area contributed by atoms with Crippen molar-refractivity contribution in [3.63, 3.8) is 0 Å². The summed E-state index contributed by atoms with van der Waals surface area (Å²) < 4.78 is 5.36. The van der Waals surface area contributed by atoms with Crippen LogP contribution in [-0.2, 0) is 4.79 Å². The molecule has 6 nitrogen and oxygen atoms in total. The zero-order chi connectivity index (χ0) is 14.2. The van der Waals surface area contributed by atoms with E-state index in [-0.39, 0.29) is 11.8 Å². The minimum Gasteiger partial charge on any atom is -0.353 e. The Kier molecular flexibility index (Phi) is 3.31. The van der Waals surface area contributed by atoms with Crippen molar-refractivity contribution in [1.29, 1.82) is 0 Å². The van der Waals surface area contributed by atoms with Crippen LogP contribution in [0, 0.1) is 5.92 Å². The van der Waals surface area contributed by atoms with Crippen LogP contribution in [0.5, 0.6) is 0 Å². The normalized spacial score (nSPS) is 23.9. The largest absolute Gasteiger partial charge is 0.353 e. The van der Waals surface area contributed by atoms with Crippen LogP contribution in [0.25, 0.3) is 0 Å². The quantitative estimate of drug-likeness (QED) is 0.916. The molecule has 1 saturated heterocycles. The Morgan fingerprint density at radius 2 is 1.90 bits per heavy atom. The van der Waals surface area contributed by atoms with Crippen LogP contribution in [0.2, 0.25) is 0 Å². The summed E-state index contributed by atoms with van der Waals surface area (Å²) in [5.41, 5.74) is 0. The van der Waals surface area contributed by atoms with Gasteiger partial charge in [-0.25, -0.2) is 0 Å². The minimum atomic E-state index is 0.258. The van der Waals surface area contributed by atoms with E-state index < -0.39 is 0 Å². The predicted octanol–water partition coefficient (Wildman–Crippen LogP) is 1.83. The van der Waals surface area contributed by atoms with E-state index >= 15 is 0 Å². The van der Waals surface area contributed by atoms with Crippen molar-refractivity contribution >= 4 is 11.9 Å². The summed E-state index contributed by atoms with van der Waals surface area (Å²) >= 11 is 0. The molecule has 2 saturated carbocycles. The first-order valence-electron chi connectivity index (χ1n) is 8.18. The average molecular weight is 290 g/mol. The SMILES string of the molecule is O=C(NC1CCN(c2nc(C3CC3)no2)CC1)C1CCC1. The number of nitrogens with one attached hydrogen (secondary N) is 1. The second-order valence-electron chi connectivity index (χ2n) is 6.61. The molecule has 1 N–H and O–H groups in total. The van der Waals surface area contributed by atoms with Crippen molar-refractivity contribution in [3.8, 4) is 0 Å². The summed E-state index contributed by atoms with van der Waals surface area (Å²) in [7, 11) is 0. The van der Waals surface area contributed by atoms with Crippen LogP contribution < -0.4 is 10.2 Å². The zero-order valence-corrected chi connectivity index (χ0v) is 12.3. The molecule has 2 heterocycles. The van der Waals surface area contributed by atoms with E-state index in [1.54, 1.807) is 0 Å². The first-order valence-corrected chi connectivity index (χ1v) is 8.18. The molecule has 0 radical (unpaired) electrons. The standard InChI is InChI=1S/C15H22N4O2/c20-14(11-2-1-3-11)16-12-6-8-19(9-7-12)15-17-13(18-21-15)10-4-5-10/h10-12H,1-9H2,(H,16,20). The van der Waals surface area contributed by atoms with E-state index in [9.17, 15) is 4.79 Å². The van der Waals surface area contributed by atoms with Crippen LogP contribution in [0.3, 0.4) is 0 Å². The van der Waals surface area contributed by atoms with E-state index in [2.05, 4.69) is 20.4 Å². The number of rotatable bonds is 4. The molecule has 21 heavy (non-hydrogen) atoms. The van der Waals surface area contributed by atoms with Gasteiger partial charge in [-0.15, -0.1) is 0 Å². The molecule has 6 heteroatoms. The van der Waals surface area contributed by atoms with Gasteiger partial charge in [0.05, 0.1) is 0 Å². The first-order chi connectivity index (χ1) is 10.3. The Morgan fingerprint density at radius 3 is 2.52 bits per heavy atom. The van der Waals surface area contributed by atoms with Crippen molar-refractivity contribution in [1.82, 2.24) is 15.5 Å². The van der Waals surface area contributed by atoms with Gasteiger partial charge in [0.1, 0.15) is 0 Å². The maximum atomic E-state index is 12.0. The highest BCUT2D eigenvalue weighted by atomic mass is 16.5. The van der Waals surface area contributed by atoms with E-state index in [4.69, 9.17) is 4.52 Å². The van der Waals surface area contributed by atoms with Gasteiger partial charge in [-0.05, 0) is 38.5 Å². The van der Waals surface area contributed by atoms with Gasteiger partial charge in [0, 0.05) is 31.0 Å². The Morgan fingerprint density at radius 1 is 1.14 bits per heavy atom. The third-order valence-corrected chi connectivity index (χ3v) is 4.96. The maximum Gasteiger partial charge on any atom is 0.324 e. The van der Waals surface area contributed by atoms with Gasteiger partial charge in [0.25, 0.3) is 0 Å². The fourth-order valence-corrected chi connectivity index (χ4v) is 3.07. The average Bonchev–Trinajstić information content (AvgIpc) is 3.16. The molecule has 2 aliphatic carbocycles. The van der Waals surface area contributed by atoms with Crippen LogP contribution in [-0.4, -0.2) is 35.2 Å². The molecule has 0 atom stereocenters. The number of aromatic nitrogens is 2. The highest BCUT2D eigenvalue weighted by Crippen LogP contribution is 2.39. The lowest BCUT2D eigenvalue weighted by molar-refractivity contribution is -0.128. The molecule has 114 valence electrons. The Bertz CT molecular complexity index is 513. The third kappa shape index (κ3) is 2.76. The molecular weight excluding hydrogens is 268 g/mol. The van der Waals surface area contributed by atoms with Crippen molar-refractivity contribution in [2.24, 2.45) is 5.92 Å². The highest BCUT2D eigenvalue weighted by molar-refractivity contribution is 5.79. The van der Waals surface area contributed by atoms with E-state index in [1.807, 2.05) is 0 Å². The second kappa shape index (κ2) is 5.31. The van der Waals surface area contributed by atoms with E-state index in [1.165, 1.54) is 19.3 Å². The number of carbonyl (C=O) groups is 1. The Balaban J connectivity index is 1.28. The van der Waals surface area contributed by atoms with Crippen LogP contribution in [0.15, 0.2) is 4.52 Å². The van der Waals surface area contributed by atoms with Gasteiger partial charge >= 0.3 is 6.01 Å². The maximum absolute atomic E-state index is 12.0. The van der Waals surface area contributed by atoms with Gasteiger partial charge in [-0.3, -0.25) is 4.79 Å². The van der Waals surface area contributed by atoms with Gasteiger partial charge in [0.15, 0.2) is 5.82 Å². The van der Waals surface area contributed by atoms with E-state index in [0.717, 1.165) is 44.6 Å². The molecule has 1 aromatic heterocycles. The smallest absolute Gasteiger partial charge is 0.324 e. The fourth-order valence-electron chi connectivity index (χ4n) is 3.07. The van der Waals surface area contributed by atoms with Gasteiger partial charge < -0.3 is 14.7 Å². The molecule has 0 spiro atoms. The number of piperidine rings is 1. The van der Waals surface area contributed by atoms with Crippen molar-refractivity contribution in [2.45, 2.75) is 56.9 Å². The molecular formula is C15H22N4O2. The fraction of sp³-hybridized carbons (Fsp3) is 0.800. The van der Waals surface area contributed by atoms with Gasteiger partial charge in [-0.1, -0.05) is 11.6 Å². The Hall–Kier alpha value is -1.59. The summed E-state index contributed by atoms with van der Waals surface area (Å²) in [6.45, 7) is 1.75. The lowest BCUT2D eigenvalue weighted by Gasteiger charge is -2.33.